The molecule has 0 saturated heterocycles. The molecule has 0 unspecified atom stereocenters. The van der Waals surface area contributed by atoms with Gasteiger partial charge in [-0.3, -0.25) is 4.79 Å². The summed E-state index contributed by atoms with van der Waals surface area (Å²) in [6, 6.07) is 4.64. The number of hydrogen-bond donors (Lipinski definition) is 3. The quantitative estimate of drug-likeness (QED) is 0.657. The number of ether oxygens (including phenoxy) is 3. The van der Waals surface area contributed by atoms with E-state index in [1.54, 1.807) is 32.0 Å². The molecule has 8 nitrogen and oxygen atoms in total. The van der Waals surface area contributed by atoms with E-state index in [1.165, 1.54) is 53.2 Å². The van der Waals surface area contributed by atoms with Gasteiger partial charge in [-0.25, -0.2) is 4.79 Å². The van der Waals surface area contributed by atoms with Gasteiger partial charge in [0.15, 0.2) is 0 Å². The molecule has 164 valence electrons. The summed E-state index contributed by atoms with van der Waals surface area (Å²) in [4.78, 5) is 22.5. The highest BCUT2D eigenvalue weighted by Gasteiger charge is 2.28. The van der Waals surface area contributed by atoms with Crippen molar-refractivity contribution in [3.05, 3.63) is 23.8 Å². The SMILES string of the molecule is COc1cc(OC)cc(C(C)(C)OC(=O)N[C@H](C)C(=O)O)c1.NC1CCCCC1. The van der Waals surface area contributed by atoms with E-state index in [-0.39, 0.29) is 0 Å². The lowest BCUT2D eigenvalue weighted by Gasteiger charge is -2.27. The van der Waals surface area contributed by atoms with Crippen LogP contribution >= 0.6 is 0 Å². The molecule has 1 atom stereocenters. The molecule has 1 amide bonds. The Balaban J connectivity index is 0.000000502. The zero-order valence-electron chi connectivity index (χ0n) is 18.0. The summed E-state index contributed by atoms with van der Waals surface area (Å²) < 4.78 is 15.7. The molecule has 1 aromatic rings. The Hall–Kier alpha value is -2.48. The number of benzene rings is 1. The van der Waals surface area contributed by atoms with Crippen molar-refractivity contribution in [1.82, 2.24) is 5.32 Å². The average Bonchev–Trinajstić information content (AvgIpc) is 2.68. The van der Waals surface area contributed by atoms with Crippen LogP contribution in [-0.2, 0) is 15.1 Å². The third-order valence-electron chi connectivity index (χ3n) is 4.75. The maximum Gasteiger partial charge on any atom is 0.408 e. The van der Waals surface area contributed by atoms with Gasteiger partial charge in [-0.15, -0.1) is 0 Å². The number of aliphatic carboxylic acids is 1. The number of methoxy groups -OCH3 is 2. The number of nitrogens with two attached hydrogens (primary N) is 1. The fourth-order valence-corrected chi connectivity index (χ4v) is 2.85. The molecule has 1 aliphatic rings. The number of hydrogen-bond acceptors (Lipinski definition) is 6. The number of carboxylic acids is 1. The third-order valence-corrected chi connectivity index (χ3v) is 4.75. The molecule has 1 aliphatic carbocycles. The van der Waals surface area contributed by atoms with Crippen molar-refractivity contribution in [3.8, 4) is 11.5 Å². The van der Waals surface area contributed by atoms with E-state index in [0.29, 0.717) is 23.1 Å². The van der Waals surface area contributed by atoms with Crippen molar-refractivity contribution < 1.29 is 28.9 Å². The Kier molecular flexibility index (Phi) is 9.74. The molecule has 29 heavy (non-hydrogen) atoms. The van der Waals surface area contributed by atoms with Crippen LogP contribution in [0.3, 0.4) is 0 Å². The van der Waals surface area contributed by atoms with Gasteiger partial charge >= 0.3 is 12.1 Å². The van der Waals surface area contributed by atoms with Crippen molar-refractivity contribution in [2.75, 3.05) is 14.2 Å². The van der Waals surface area contributed by atoms with Crippen LogP contribution in [0, 0.1) is 0 Å². The summed E-state index contributed by atoms with van der Waals surface area (Å²) in [7, 11) is 3.04. The predicted octanol–water partition coefficient (Wildman–Crippen LogP) is 3.42. The largest absolute Gasteiger partial charge is 0.497 e. The average molecular weight is 411 g/mol. The molecule has 0 aromatic heterocycles. The lowest BCUT2D eigenvalue weighted by atomic mass is 9.97. The number of alkyl carbamates (subject to hydrolysis) is 1. The van der Waals surface area contributed by atoms with Gasteiger partial charge in [-0.05, 0) is 45.7 Å². The number of rotatable bonds is 6. The molecular formula is C21H34N2O6. The Morgan fingerprint density at radius 3 is 2.00 bits per heavy atom. The second kappa shape index (κ2) is 11.5. The summed E-state index contributed by atoms with van der Waals surface area (Å²) in [6.07, 6.45) is 5.84. The minimum absolute atomic E-state index is 0.536. The summed E-state index contributed by atoms with van der Waals surface area (Å²) in [5.74, 6) is -0.0199. The van der Waals surface area contributed by atoms with Crippen molar-refractivity contribution >= 4 is 12.1 Å². The van der Waals surface area contributed by atoms with Gasteiger partial charge < -0.3 is 30.4 Å². The molecule has 4 N–H and O–H groups in total. The Bertz CT molecular complexity index is 649. The molecule has 0 spiro atoms. The summed E-state index contributed by atoms with van der Waals surface area (Å²) in [5.41, 5.74) is 5.29. The van der Waals surface area contributed by atoms with E-state index >= 15 is 0 Å². The normalized spacial score (nSPS) is 15.4. The first-order valence-corrected chi connectivity index (χ1v) is 9.80. The van der Waals surface area contributed by atoms with E-state index in [4.69, 9.17) is 25.1 Å². The van der Waals surface area contributed by atoms with Gasteiger partial charge in [0.05, 0.1) is 14.2 Å². The fraction of sp³-hybridized carbons (Fsp3) is 0.619. The van der Waals surface area contributed by atoms with Gasteiger partial charge in [0.1, 0.15) is 23.1 Å². The monoisotopic (exact) mass is 410 g/mol. The van der Waals surface area contributed by atoms with Crippen molar-refractivity contribution in [1.29, 1.82) is 0 Å². The van der Waals surface area contributed by atoms with Gasteiger partial charge in [0.2, 0.25) is 0 Å². The van der Waals surface area contributed by atoms with Gasteiger partial charge in [0.25, 0.3) is 0 Å². The van der Waals surface area contributed by atoms with Crippen molar-refractivity contribution in [2.24, 2.45) is 5.73 Å². The molecule has 1 saturated carbocycles. The van der Waals surface area contributed by atoms with Crippen molar-refractivity contribution in [3.63, 3.8) is 0 Å². The third kappa shape index (κ3) is 8.60. The van der Waals surface area contributed by atoms with E-state index in [9.17, 15) is 9.59 Å². The molecule has 0 bridgehead atoms. The summed E-state index contributed by atoms with van der Waals surface area (Å²) >= 11 is 0. The second-order valence-electron chi connectivity index (χ2n) is 7.60. The summed E-state index contributed by atoms with van der Waals surface area (Å²) in [6.45, 7) is 4.73. The lowest BCUT2D eigenvalue weighted by Crippen LogP contribution is -2.41. The number of carboxylic acid groups (broad SMARTS) is 1. The summed E-state index contributed by atoms with van der Waals surface area (Å²) in [5, 5.41) is 11.0. The van der Waals surface area contributed by atoms with Crippen LogP contribution in [0.15, 0.2) is 18.2 Å². The number of carbonyl (C=O) groups excluding carboxylic acids is 1. The maximum absolute atomic E-state index is 11.8. The van der Waals surface area contributed by atoms with Crippen LogP contribution in [-0.4, -0.2) is 43.5 Å². The molecule has 2 rings (SSSR count). The highest BCUT2D eigenvalue weighted by atomic mass is 16.6. The topological polar surface area (TPSA) is 120 Å². The van der Waals surface area contributed by atoms with E-state index in [2.05, 4.69) is 5.32 Å². The standard InChI is InChI=1S/C15H21NO6.C6H13N/c1-9(13(17)18)16-14(19)22-15(2,3)10-6-11(20-4)8-12(7-10)21-5;7-6-4-2-1-3-5-6/h6-9H,1-5H3,(H,16,19)(H,17,18);6H,1-5,7H2/t9-;/m1./s1. The van der Waals surface area contributed by atoms with Gasteiger partial charge in [0, 0.05) is 17.7 Å². The van der Waals surface area contributed by atoms with Gasteiger partial charge in [-0.2, -0.15) is 0 Å². The Morgan fingerprint density at radius 2 is 1.62 bits per heavy atom. The van der Waals surface area contributed by atoms with E-state index < -0.39 is 23.7 Å². The van der Waals surface area contributed by atoms with Crippen LogP contribution in [0.25, 0.3) is 0 Å². The zero-order valence-corrected chi connectivity index (χ0v) is 18.0. The fourth-order valence-electron chi connectivity index (χ4n) is 2.85. The minimum atomic E-state index is -1.14. The van der Waals surface area contributed by atoms with Crippen molar-refractivity contribution in [2.45, 2.75) is 70.6 Å². The molecule has 0 heterocycles. The van der Waals surface area contributed by atoms with Crippen LogP contribution in [0.2, 0.25) is 0 Å². The highest BCUT2D eigenvalue weighted by molar-refractivity contribution is 5.79. The number of amides is 1. The molecule has 0 radical (unpaired) electrons. The smallest absolute Gasteiger partial charge is 0.408 e. The molecule has 8 heteroatoms. The second-order valence-corrected chi connectivity index (χ2v) is 7.60. The number of carbonyl (C=O) groups is 2. The first-order chi connectivity index (χ1) is 13.6. The minimum Gasteiger partial charge on any atom is -0.497 e. The van der Waals surface area contributed by atoms with Crippen LogP contribution in [0.1, 0.15) is 58.4 Å². The van der Waals surface area contributed by atoms with Crippen LogP contribution in [0.4, 0.5) is 4.79 Å². The molecule has 0 aliphatic heterocycles. The molecule has 1 aromatic carbocycles. The van der Waals surface area contributed by atoms with E-state index in [0.717, 1.165) is 0 Å². The zero-order chi connectivity index (χ0) is 22.0. The predicted molar refractivity (Wildman–Crippen MR) is 110 cm³/mol. The molecule has 1 fully saturated rings. The highest BCUT2D eigenvalue weighted by Crippen LogP contribution is 2.32. The first-order valence-electron chi connectivity index (χ1n) is 9.80. The first kappa shape index (κ1) is 24.6. The number of nitrogens with one attached hydrogen (secondary N) is 1. The van der Waals surface area contributed by atoms with E-state index in [1.807, 2.05) is 0 Å². The van der Waals surface area contributed by atoms with Crippen LogP contribution in [0.5, 0.6) is 11.5 Å². The molecular weight excluding hydrogens is 376 g/mol. The Labute approximate surface area is 172 Å². The van der Waals surface area contributed by atoms with Gasteiger partial charge in [-0.1, -0.05) is 19.3 Å². The maximum atomic E-state index is 11.8. The lowest BCUT2D eigenvalue weighted by molar-refractivity contribution is -0.139. The van der Waals surface area contributed by atoms with Crippen LogP contribution < -0.4 is 20.5 Å². The Morgan fingerprint density at radius 1 is 1.10 bits per heavy atom.